The Labute approximate surface area is 273 Å². The summed E-state index contributed by atoms with van der Waals surface area (Å²) in [5, 5.41) is 3.25. The van der Waals surface area contributed by atoms with Crippen LogP contribution in [0, 0.1) is 6.92 Å². The van der Waals surface area contributed by atoms with Gasteiger partial charge in [-0.2, -0.15) is 0 Å². The Balaban J connectivity index is 1.36. The highest BCUT2D eigenvalue weighted by Crippen LogP contribution is 2.39. The fraction of sp³-hybridized carbons (Fsp3) is 0.361. The van der Waals surface area contributed by atoms with E-state index >= 15 is 0 Å². The lowest BCUT2D eigenvalue weighted by atomic mass is 10.0. The van der Waals surface area contributed by atoms with Crippen LogP contribution in [0.3, 0.4) is 0 Å². The highest BCUT2D eigenvalue weighted by molar-refractivity contribution is 6.06. The maximum Gasteiger partial charge on any atom is 0.410 e. The third kappa shape index (κ3) is 7.45. The topological polar surface area (TPSA) is 126 Å². The van der Waals surface area contributed by atoms with Gasteiger partial charge in [-0.3, -0.25) is 4.79 Å². The molecule has 0 spiro atoms. The molecule has 1 aliphatic heterocycles. The van der Waals surface area contributed by atoms with Crippen LogP contribution in [-0.4, -0.2) is 63.0 Å². The van der Waals surface area contributed by atoms with Crippen LogP contribution in [0.15, 0.2) is 63.8 Å². The van der Waals surface area contributed by atoms with E-state index in [0.29, 0.717) is 76.6 Å². The van der Waals surface area contributed by atoms with Crippen LogP contribution >= 0.6 is 0 Å². The van der Waals surface area contributed by atoms with Crippen LogP contribution in [-0.2, 0) is 4.74 Å². The summed E-state index contributed by atoms with van der Waals surface area (Å²) in [6, 6.07) is 15.7. The van der Waals surface area contributed by atoms with E-state index < -0.39 is 17.1 Å². The van der Waals surface area contributed by atoms with Crippen molar-refractivity contribution < 1.29 is 37.7 Å². The summed E-state index contributed by atoms with van der Waals surface area (Å²) < 4.78 is 34.1. The largest absolute Gasteiger partial charge is 0.497 e. The Hall–Kier alpha value is -5.19. The molecule has 0 bridgehead atoms. The van der Waals surface area contributed by atoms with Crippen molar-refractivity contribution in [1.29, 1.82) is 0 Å². The van der Waals surface area contributed by atoms with E-state index in [2.05, 4.69) is 5.32 Å². The van der Waals surface area contributed by atoms with E-state index in [9.17, 15) is 14.4 Å². The Morgan fingerprint density at radius 1 is 0.915 bits per heavy atom. The molecule has 0 radical (unpaired) electrons. The third-order valence-electron chi connectivity index (χ3n) is 7.86. The van der Waals surface area contributed by atoms with Gasteiger partial charge in [0.05, 0.1) is 21.3 Å². The molecule has 11 nitrogen and oxygen atoms in total. The number of carbonyl (C=O) groups excluding carboxylic acids is 2. The summed E-state index contributed by atoms with van der Waals surface area (Å²) >= 11 is 0. The Morgan fingerprint density at radius 3 is 2.30 bits per heavy atom. The van der Waals surface area contributed by atoms with E-state index in [1.54, 1.807) is 56.4 Å². The molecule has 0 saturated carbocycles. The fourth-order valence-corrected chi connectivity index (χ4v) is 5.48. The number of methoxy groups -OCH3 is 3. The van der Waals surface area contributed by atoms with Crippen molar-refractivity contribution >= 4 is 28.7 Å². The summed E-state index contributed by atoms with van der Waals surface area (Å²) in [5.41, 5.74) is 1.41. The number of nitrogens with one attached hydrogen (secondary N) is 1. The molecular formula is C36H40N2O9. The lowest BCUT2D eigenvalue weighted by molar-refractivity contribution is 0.0124. The molecule has 0 aliphatic carbocycles. The standard InChI is InChI=1S/C36H40N2O9/c1-21-31-24(20-30(44-7)32(21)45-25-13-15-38(16-14-25)35(41)47-36(2,3)4)19-28(34(40)46-31)37-33(39)23-11-12-29(43-6)27(18-23)22-9-8-10-26(17-22)42-5/h8-12,17-20,25H,13-16H2,1-7H3,(H,37,39). The van der Waals surface area contributed by atoms with Crippen LogP contribution in [0.5, 0.6) is 23.0 Å². The second-order valence-electron chi connectivity index (χ2n) is 12.3. The second kappa shape index (κ2) is 13.7. The lowest BCUT2D eigenvalue weighted by Gasteiger charge is -2.34. The molecule has 5 rings (SSSR count). The maximum absolute atomic E-state index is 13.4. The molecule has 4 aromatic rings. The van der Waals surface area contributed by atoms with Gasteiger partial charge in [0, 0.05) is 48.0 Å². The first-order valence-corrected chi connectivity index (χ1v) is 15.3. The molecular weight excluding hydrogens is 604 g/mol. The highest BCUT2D eigenvalue weighted by Gasteiger charge is 2.29. The molecule has 1 aromatic heterocycles. The quantitative estimate of drug-likeness (QED) is 0.206. The Bertz CT molecular complexity index is 1850. The number of hydrogen-bond donors (Lipinski definition) is 1. The minimum atomic E-state index is -0.711. The number of ether oxygens (including phenoxy) is 5. The monoisotopic (exact) mass is 644 g/mol. The summed E-state index contributed by atoms with van der Waals surface area (Å²) in [5.74, 6) is 1.66. The number of carbonyl (C=O) groups is 2. The summed E-state index contributed by atoms with van der Waals surface area (Å²) in [6.45, 7) is 8.28. The molecule has 1 aliphatic rings. The van der Waals surface area contributed by atoms with Crippen molar-refractivity contribution in [3.05, 3.63) is 76.1 Å². The van der Waals surface area contributed by atoms with Gasteiger partial charge in [0.2, 0.25) is 0 Å². The van der Waals surface area contributed by atoms with Gasteiger partial charge in [-0.25, -0.2) is 9.59 Å². The minimum Gasteiger partial charge on any atom is -0.497 e. The first kappa shape index (κ1) is 33.2. The Kier molecular flexibility index (Phi) is 9.64. The summed E-state index contributed by atoms with van der Waals surface area (Å²) in [6.07, 6.45) is 0.666. The molecule has 1 fully saturated rings. The fourth-order valence-electron chi connectivity index (χ4n) is 5.48. The molecule has 3 aromatic carbocycles. The molecule has 0 atom stereocenters. The average molecular weight is 645 g/mol. The summed E-state index contributed by atoms with van der Waals surface area (Å²) in [4.78, 5) is 40.7. The number of likely N-dealkylation sites (tertiary alicyclic amines) is 1. The smallest absolute Gasteiger partial charge is 0.410 e. The van der Waals surface area contributed by atoms with Gasteiger partial charge in [-0.15, -0.1) is 0 Å². The molecule has 1 N–H and O–H groups in total. The predicted molar refractivity (Wildman–Crippen MR) is 178 cm³/mol. The van der Waals surface area contributed by atoms with E-state index in [0.717, 1.165) is 5.56 Å². The number of rotatable bonds is 8. The highest BCUT2D eigenvalue weighted by atomic mass is 16.6. The van der Waals surface area contributed by atoms with Crippen LogP contribution in [0.4, 0.5) is 10.5 Å². The zero-order valence-corrected chi connectivity index (χ0v) is 27.7. The van der Waals surface area contributed by atoms with Gasteiger partial charge in [0.15, 0.2) is 11.5 Å². The van der Waals surface area contributed by atoms with Crippen LogP contribution in [0.25, 0.3) is 22.1 Å². The van der Waals surface area contributed by atoms with Gasteiger partial charge in [-0.1, -0.05) is 12.1 Å². The average Bonchev–Trinajstić information content (AvgIpc) is 3.05. The first-order chi connectivity index (χ1) is 22.4. The number of hydrogen-bond acceptors (Lipinski definition) is 9. The number of piperidine rings is 1. The van der Waals surface area contributed by atoms with Gasteiger partial charge in [0.1, 0.15) is 34.5 Å². The first-order valence-electron chi connectivity index (χ1n) is 15.3. The number of fused-ring (bicyclic) bond motifs is 1. The zero-order chi connectivity index (χ0) is 33.9. The molecule has 1 saturated heterocycles. The van der Waals surface area contributed by atoms with Gasteiger partial charge in [-0.05, 0) is 75.7 Å². The van der Waals surface area contributed by atoms with Crippen molar-refractivity contribution in [3.63, 3.8) is 0 Å². The number of anilines is 1. The molecule has 0 unspecified atom stereocenters. The molecule has 11 heteroatoms. The van der Waals surface area contributed by atoms with Crippen molar-refractivity contribution in [2.45, 2.75) is 52.2 Å². The number of amides is 2. The van der Waals surface area contributed by atoms with Crippen molar-refractivity contribution in [1.82, 2.24) is 4.90 Å². The predicted octanol–water partition coefficient (Wildman–Crippen LogP) is 6.82. The molecule has 2 heterocycles. The van der Waals surface area contributed by atoms with Crippen LogP contribution < -0.4 is 29.9 Å². The van der Waals surface area contributed by atoms with E-state index in [1.807, 2.05) is 45.0 Å². The van der Waals surface area contributed by atoms with Crippen molar-refractivity contribution in [2.75, 3.05) is 39.7 Å². The van der Waals surface area contributed by atoms with Gasteiger partial charge < -0.3 is 38.3 Å². The minimum absolute atomic E-state index is 0.0223. The molecule has 248 valence electrons. The summed E-state index contributed by atoms with van der Waals surface area (Å²) in [7, 11) is 4.67. The lowest BCUT2D eigenvalue weighted by Crippen LogP contribution is -2.44. The normalized spacial score (nSPS) is 13.6. The van der Waals surface area contributed by atoms with Crippen molar-refractivity contribution in [2.24, 2.45) is 0 Å². The molecule has 2 amide bonds. The van der Waals surface area contributed by atoms with Crippen LogP contribution in [0.2, 0.25) is 0 Å². The third-order valence-corrected chi connectivity index (χ3v) is 7.86. The number of aryl methyl sites for hydroxylation is 1. The van der Waals surface area contributed by atoms with Crippen molar-refractivity contribution in [3.8, 4) is 34.1 Å². The molecule has 47 heavy (non-hydrogen) atoms. The Morgan fingerprint density at radius 2 is 1.64 bits per heavy atom. The maximum atomic E-state index is 13.4. The van der Waals surface area contributed by atoms with Gasteiger partial charge >= 0.3 is 11.7 Å². The van der Waals surface area contributed by atoms with Gasteiger partial charge in [0.25, 0.3) is 5.91 Å². The van der Waals surface area contributed by atoms with E-state index in [-0.39, 0.29) is 17.9 Å². The van der Waals surface area contributed by atoms with E-state index in [1.165, 1.54) is 7.11 Å². The zero-order valence-electron chi connectivity index (χ0n) is 27.7. The van der Waals surface area contributed by atoms with Crippen LogP contribution in [0.1, 0.15) is 49.5 Å². The van der Waals surface area contributed by atoms with E-state index in [4.69, 9.17) is 28.1 Å². The number of benzene rings is 3. The SMILES string of the molecule is COc1cccc(-c2cc(C(=O)Nc3cc4cc(OC)c(OC5CCN(C(=O)OC(C)(C)C)CC5)c(C)c4oc3=O)ccc2OC)c1. The second-order valence-corrected chi connectivity index (χ2v) is 12.3. The number of nitrogens with zero attached hydrogens (tertiary/aromatic N) is 1.